The van der Waals surface area contributed by atoms with Gasteiger partial charge in [0.15, 0.2) is 0 Å². The van der Waals surface area contributed by atoms with Gasteiger partial charge < -0.3 is 25.5 Å². The molecule has 10 nitrogen and oxygen atoms in total. The summed E-state index contributed by atoms with van der Waals surface area (Å²) in [5.74, 6) is -2.48. The molecule has 3 heterocycles. The van der Waals surface area contributed by atoms with Gasteiger partial charge in [-0.2, -0.15) is 11.3 Å². The zero-order valence-corrected chi connectivity index (χ0v) is 24.7. The van der Waals surface area contributed by atoms with Gasteiger partial charge in [0.05, 0.1) is 6.42 Å². The van der Waals surface area contributed by atoms with Crippen LogP contribution in [0, 0.1) is 5.41 Å². The molecule has 3 amide bonds. The number of amidine groups is 1. The van der Waals surface area contributed by atoms with Gasteiger partial charge in [-0.25, -0.2) is 4.79 Å². The van der Waals surface area contributed by atoms with Crippen molar-refractivity contribution in [2.24, 2.45) is 0 Å². The summed E-state index contributed by atoms with van der Waals surface area (Å²) in [4.78, 5) is 54.8. The minimum Gasteiger partial charge on any atom is -0.480 e. The molecule has 2 aromatic rings. The van der Waals surface area contributed by atoms with Crippen LogP contribution in [0.4, 0.5) is 0 Å². The van der Waals surface area contributed by atoms with Crippen molar-refractivity contribution in [3.8, 4) is 0 Å². The highest BCUT2D eigenvalue weighted by Gasteiger charge is 2.64. The van der Waals surface area contributed by atoms with Crippen LogP contribution in [0.3, 0.4) is 0 Å². The Morgan fingerprint density at radius 1 is 1.25 bits per heavy atom. The smallest absolute Gasteiger partial charge is 0.327 e. The molecular formula is C27H32ClN5O5S2. The zero-order valence-electron chi connectivity index (χ0n) is 22.3. The molecule has 0 aliphatic carbocycles. The number of hydrogen-bond acceptors (Lipinski definition) is 7. The van der Waals surface area contributed by atoms with E-state index in [1.54, 1.807) is 36.7 Å². The van der Waals surface area contributed by atoms with Crippen LogP contribution < -0.4 is 10.6 Å². The molecule has 2 saturated heterocycles. The van der Waals surface area contributed by atoms with Gasteiger partial charge in [0.1, 0.15) is 29.3 Å². The molecule has 40 heavy (non-hydrogen) atoms. The number of carbonyl (C=O) groups excluding carboxylic acids is 3. The predicted octanol–water partition coefficient (Wildman–Crippen LogP) is 3.47. The number of nitrogens with one attached hydrogen (secondary N) is 3. The van der Waals surface area contributed by atoms with E-state index in [0.717, 1.165) is 5.56 Å². The number of thioether (sulfide) groups is 1. The van der Waals surface area contributed by atoms with E-state index in [9.17, 15) is 24.3 Å². The number of β-lactam (4-membered cyclic amide) rings is 1. The monoisotopic (exact) mass is 605 g/mol. The van der Waals surface area contributed by atoms with Crippen molar-refractivity contribution in [1.82, 2.24) is 20.4 Å². The van der Waals surface area contributed by atoms with Gasteiger partial charge in [0.25, 0.3) is 0 Å². The van der Waals surface area contributed by atoms with Gasteiger partial charge in [-0.05, 0) is 54.3 Å². The Bertz CT molecular complexity index is 1300. The van der Waals surface area contributed by atoms with Crippen LogP contribution >= 0.6 is 34.7 Å². The summed E-state index contributed by atoms with van der Waals surface area (Å²) in [7, 11) is 0. The highest BCUT2D eigenvalue weighted by atomic mass is 35.5. The summed E-state index contributed by atoms with van der Waals surface area (Å²) in [5.41, 5.74) is 1.39. The highest BCUT2D eigenvalue weighted by Crippen LogP contribution is 2.50. The Balaban J connectivity index is 1.48. The van der Waals surface area contributed by atoms with Crippen LogP contribution in [-0.2, 0) is 25.7 Å². The first-order valence-electron chi connectivity index (χ1n) is 12.9. The van der Waals surface area contributed by atoms with Crippen molar-refractivity contribution in [2.75, 3.05) is 6.54 Å². The van der Waals surface area contributed by atoms with E-state index in [-0.39, 0.29) is 25.3 Å². The van der Waals surface area contributed by atoms with E-state index in [1.807, 2.05) is 25.1 Å². The van der Waals surface area contributed by atoms with Crippen molar-refractivity contribution in [1.29, 1.82) is 5.41 Å². The van der Waals surface area contributed by atoms with Gasteiger partial charge in [0.2, 0.25) is 17.7 Å². The number of aliphatic carboxylic acids is 1. The lowest BCUT2D eigenvalue weighted by atomic mass is 9.95. The Labute approximate surface area is 245 Å². The lowest BCUT2D eigenvalue weighted by Crippen LogP contribution is -2.71. The van der Waals surface area contributed by atoms with E-state index in [2.05, 4.69) is 10.6 Å². The quantitative estimate of drug-likeness (QED) is 0.174. The second kappa shape index (κ2) is 12.2. The minimum absolute atomic E-state index is 0.00962. The molecule has 0 spiro atoms. The Morgan fingerprint density at radius 3 is 2.60 bits per heavy atom. The van der Waals surface area contributed by atoms with Crippen LogP contribution in [0.2, 0.25) is 5.02 Å². The Kier molecular flexibility index (Phi) is 9.11. The van der Waals surface area contributed by atoms with Crippen molar-refractivity contribution in [3.63, 3.8) is 0 Å². The van der Waals surface area contributed by atoms with Gasteiger partial charge in [-0.1, -0.05) is 36.7 Å². The van der Waals surface area contributed by atoms with Crippen molar-refractivity contribution >= 4 is 64.2 Å². The van der Waals surface area contributed by atoms with Crippen LogP contribution in [0.1, 0.15) is 50.8 Å². The number of benzene rings is 1. The maximum atomic E-state index is 13.7. The number of nitrogens with zero attached hydrogens (tertiary/aromatic N) is 2. The van der Waals surface area contributed by atoms with Crippen LogP contribution in [-0.4, -0.2) is 73.2 Å². The van der Waals surface area contributed by atoms with E-state index in [4.69, 9.17) is 17.0 Å². The maximum Gasteiger partial charge on any atom is 0.327 e. The zero-order chi connectivity index (χ0) is 29.2. The molecule has 2 fully saturated rings. The molecule has 4 rings (SSSR count). The van der Waals surface area contributed by atoms with E-state index < -0.39 is 51.9 Å². The molecule has 1 aromatic heterocycles. The molecule has 4 N–H and O–H groups in total. The summed E-state index contributed by atoms with van der Waals surface area (Å²) < 4.78 is -0.722. The molecule has 13 heteroatoms. The first kappa shape index (κ1) is 29.9. The van der Waals surface area contributed by atoms with E-state index in [0.29, 0.717) is 17.0 Å². The second-order valence-electron chi connectivity index (χ2n) is 10.2. The van der Waals surface area contributed by atoms with Gasteiger partial charge in [-0.3, -0.25) is 19.8 Å². The standard InChI is InChI=1S/C27H32ClN5O5S2/c1-4-10-32(19(34)12-18(29)30-13-15-7-5-6-8-17(15)28)21(16-9-11-39-14-16)23(35)31-20-24(36)33-22(26(37)38)27(2,3)40-25(20)33/h5-9,11,14,20-22,25H,4,10,12-13H2,1-3H3,(H2,29,30)(H,31,35)(H,37,38)/t20-,21?,22+,25-/m1/s1. The molecule has 1 unspecified atom stereocenters. The number of halogens is 1. The largest absolute Gasteiger partial charge is 0.480 e. The second-order valence-corrected chi connectivity index (χ2v) is 13.2. The normalized spacial score (nSPS) is 21.6. The SMILES string of the molecule is CCCN(C(=O)CC(=N)NCc1ccccc1Cl)C(C(=O)N[C@@H]1C(=O)N2[C@@H]1SC(C)(C)[C@@H]2C(=O)O)c1ccsc1. The van der Waals surface area contributed by atoms with Crippen LogP contribution in [0.5, 0.6) is 0 Å². The number of fused-ring (bicyclic) bond motifs is 1. The average molecular weight is 606 g/mol. The fourth-order valence-electron chi connectivity index (χ4n) is 5.08. The molecule has 2 aliphatic heterocycles. The number of carboxylic acid groups (broad SMARTS) is 1. The fraction of sp³-hybridized carbons (Fsp3) is 0.444. The molecule has 2 aliphatic rings. The fourth-order valence-corrected chi connectivity index (χ4v) is 7.59. The minimum atomic E-state index is -1.08. The van der Waals surface area contributed by atoms with Gasteiger partial charge in [0, 0.05) is 22.9 Å². The first-order valence-corrected chi connectivity index (χ1v) is 15.1. The number of thiophene rings is 1. The number of rotatable bonds is 11. The maximum absolute atomic E-state index is 13.7. The third-order valence-corrected chi connectivity index (χ3v) is 9.60. The van der Waals surface area contributed by atoms with Gasteiger partial charge >= 0.3 is 5.97 Å². The summed E-state index contributed by atoms with van der Waals surface area (Å²) in [6.07, 6.45) is 0.324. The molecule has 0 radical (unpaired) electrons. The van der Waals surface area contributed by atoms with E-state index >= 15 is 0 Å². The van der Waals surface area contributed by atoms with E-state index in [1.165, 1.54) is 32.9 Å². The van der Waals surface area contributed by atoms with Crippen molar-refractivity contribution < 1.29 is 24.3 Å². The predicted molar refractivity (Wildman–Crippen MR) is 155 cm³/mol. The van der Waals surface area contributed by atoms with Crippen molar-refractivity contribution in [2.45, 2.75) is 68.4 Å². The summed E-state index contributed by atoms with van der Waals surface area (Å²) in [5, 5.41) is 27.4. The highest BCUT2D eigenvalue weighted by molar-refractivity contribution is 8.01. The van der Waals surface area contributed by atoms with Gasteiger partial charge in [-0.15, -0.1) is 11.8 Å². The molecule has 214 valence electrons. The summed E-state index contributed by atoms with van der Waals surface area (Å²) >= 11 is 8.92. The Hall–Kier alpha value is -3.09. The molecular weight excluding hydrogens is 574 g/mol. The molecule has 4 atom stereocenters. The topological polar surface area (TPSA) is 143 Å². The molecule has 1 aromatic carbocycles. The number of amides is 3. The molecule has 0 saturated carbocycles. The summed E-state index contributed by atoms with van der Waals surface area (Å²) in [6, 6.07) is 6.10. The van der Waals surface area contributed by atoms with Crippen molar-refractivity contribution in [3.05, 3.63) is 57.2 Å². The number of carbonyl (C=O) groups is 4. The molecule has 0 bridgehead atoms. The number of carboxylic acids is 1. The van der Waals surface area contributed by atoms with Crippen LogP contribution in [0.15, 0.2) is 41.1 Å². The lowest BCUT2D eigenvalue weighted by Gasteiger charge is -2.44. The first-order chi connectivity index (χ1) is 19.0. The summed E-state index contributed by atoms with van der Waals surface area (Å²) in [6.45, 7) is 5.97. The average Bonchev–Trinajstić information content (AvgIpc) is 3.51. The third-order valence-electron chi connectivity index (χ3n) is 6.95. The lowest BCUT2D eigenvalue weighted by molar-refractivity contribution is -0.161. The third kappa shape index (κ3) is 5.98. The number of hydrogen-bond donors (Lipinski definition) is 4. The van der Waals surface area contributed by atoms with Crippen LogP contribution in [0.25, 0.3) is 0 Å². The Morgan fingerprint density at radius 2 is 1.98 bits per heavy atom.